The van der Waals surface area contributed by atoms with E-state index < -0.39 is 6.10 Å². The zero-order valence-electron chi connectivity index (χ0n) is 15.2. The lowest BCUT2D eigenvalue weighted by atomic mass is 10.1. The molecule has 0 aliphatic heterocycles. The zero-order valence-corrected chi connectivity index (χ0v) is 15.2. The van der Waals surface area contributed by atoms with Crippen molar-refractivity contribution in [3.63, 3.8) is 0 Å². The van der Waals surface area contributed by atoms with Crippen molar-refractivity contribution in [3.05, 3.63) is 64.7 Å². The number of benzene rings is 2. The first kappa shape index (κ1) is 18.1. The van der Waals surface area contributed by atoms with Crippen LogP contribution in [0.5, 0.6) is 5.75 Å². The van der Waals surface area contributed by atoms with Gasteiger partial charge in [-0.25, -0.2) is 0 Å². The highest BCUT2D eigenvalue weighted by Gasteiger charge is 2.21. The molecule has 0 aliphatic carbocycles. The summed E-state index contributed by atoms with van der Waals surface area (Å²) in [5, 5.41) is 3.06. The standard InChI is InChI=1S/C21H27NO2/c1-6-19(24-20-9-7-8-15(3)16(20)4)21(23)22-17(5)18-12-10-14(2)11-13-18/h7-13,17,19H,6H2,1-5H3,(H,22,23)/t17-,19-/m1/s1. The van der Waals surface area contributed by atoms with Crippen LogP contribution < -0.4 is 10.1 Å². The number of aryl methyl sites for hydroxylation is 2. The molecule has 0 radical (unpaired) electrons. The normalized spacial score (nSPS) is 13.2. The van der Waals surface area contributed by atoms with Gasteiger partial charge in [-0.15, -0.1) is 0 Å². The Kier molecular flexibility index (Phi) is 6.02. The summed E-state index contributed by atoms with van der Waals surface area (Å²) >= 11 is 0. The topological polar surface area (TPSA) is 38.3 Å². The number of hydrogen-bond donors (Lipinski definition) is 1. The molecule has 0 heterocycles. The molecule has 1 amide bonds. The monoisotopic (exact) mass is 325 g/mol. The molecule has 2 rings (SSSR count). The second-order valence-corrected chi connectivity index (χ2v) is 6.35. The molecule has 3 heteroatoms. The third-order valence-electron chi connectivity index (χ3n) is 4.42. The van der Waals surface area contributed by atoms with Crippen LogP contribution >= 0.6 is 0 Å². The van der Waals surface area contributed by atoms with Crippen LogP contribution in [0.25, 0.3) is 0 Å². The molecule has 0 saturated heterocycles. The van der Waals surface area contributed by atoms with E-state index in [1.54, 1.807) is 0 Å². The van der Waals surface area contributed by atoms with Gasteiger partial charge in [0.2, 0.25) is 0 Å². The van der Waals surface area contributed by atoms with Gasteiger partial charge in [0.25, 0.3) is 5.91 Å². The van der Waals surface area contributed by atoms with Crippen LogP contribution in [0.3, 0.4) is 0 Å². The Balaban J connectivity index is 2.05. The molecule has 0 spiro atoms. The fourth-order valence-electron chi connectivity index (χ4n) is 2.57. The summed E-state index contributed by atoms with van der Waals surface area (Å²) in [5.74, 6) is 0.700. The van der Waals surface area contributed by atoms with E-state index in [0.29, 0.717) is 6.42 Å². The van der Waals surface area contributed by atoms with Crippen molar-refractivity contribution in [2.24, 2.45) is 0 Å². The summed E-state index contributed by atoms with van der Waals surface area (Å²) in [6.45, 7) is 10.1. The van der Waals surface area contributed by atoms with Crippen molar-refractivity contribution in [3.8, 4) is 5.75 Å². The Morgan fingerprint density at radius 2 is 1.75 bits per heavy atom. The van der Waals surface area contributed by atoms with E-state index >= 15 is 0 Å². The minimum atomic E-state index is -0.488. The van der Waals surface area contributed by atoms with E-state index in [4.69, 9.17) is 4.74 Å². The summed E-state index contributed by atoms with van der Waals surface area (Å²) in [6.07, 6.45) is 0.137. The van der Waals surface area contributed by atoms with Gasteiger partial charge in [0.1, 0.15) is 5.75 Å². The Labute approximate surface area is 145 Å². The fraction of sp³-hybridized carbons (Fsp3) is 0.381. The smallest absolute Gasteiger partial charge is 0.261 e. The SMILES string of the molecule is CC[C@@H](Oc1cccc(C)c1C)C(=O)N[C@H](C)c1ccc(C)cc1. The molecule has 128 valence electrons. The highest BCUT2D eigenvalue weighted by Crippen LogP contribution is 2.23. The van der Waals surface area contributed by atoms with E-state index in [2.05, 4.69) is 24.4 Å². The van der Waals surface area contributed by atoms with Crippen LogP contribution in [0.1, 0.15) is 48.6 Å². The van der Waals surface area contributed by atoms with Crippen LogP contribution in [0.15, 0.2) is 42.5 Å². The average molecular weight is 325 g/mol. The molecule has 24 heavy (non-hydrogen) atoms. The minimum absolute atomic E-state index is 0.0469. The third-order valence-corrected chi connectivity index (χ3v) is 4.42. The Bertz CT molecular complexity index is 691. The Hall–Kier alpha value is -2.29. The number of carbonyl (C=O) groups is 1. The van der Waals surface area contributed by atoms with Gasteiger partial charge in [0.15, 0.2) is 6.10 Å². The number of ether oxygens (including phenoxy) is 1. The van der Waals surface area contributed by atoms with E-state index in [0.717, 1.165) is 22.4 Å². The quantitative estimate of drug-likeness (QED) is 0.840. The van der Waals surface area contributed by atoms with E-state index in [-0.39, 0.29) is 11.9 Å². The maximum atomic E-state index is 12.6. The lowest BCUT2D eigenvalue weighted by Gasteiger charge is -2.22. The number of nitrogens with one attached hydrogen (secondary N) is 1. The lowest BCUT2D eigenvalue weighted by Crippen LogP contribution is -2.39. The number of amides is 1. The molecule has 0 saturated carbocycles. The summed E-state index contributed by atoms with van der Waals surface area (Å²) in [5.41, 5.74) is 4.55. The van der Waals surface area contributed by atoms with Gasteiger partial charge in [-0.3, -0.25) is 4.79 Å². The summed E-state index contributed by atoms with van der Waals surface area (Å²) in [7, 11) is 0. The number of carbonyl (C=O) groups excluding carboxylic acids is 1. The van der Waals surface area contributed by atoms with Crippen LogP contribution in [-0.4, -0.2) is 12.0 Å². The second-order valence-electron chi connectivity index (χ2n) is 6.35. The number of rotatable bonds is 6. The molecule has 2 atom stereocenters. The highest BCUT2D eigenvalue weighted by molar-refractivity contribution is 5.81. The molecule has 1 N–H and O–H groups in total. The van der Waals surface area contributed by atoms with Crippen LogP contribution in [-0.2, 0) is 4.79 Å². The summed E-state index contributed by atoms with van der Waals surface area (Å²) < 4.78 is 5.98. The molecule has 0 fully saturated rings. The van der Waals surface area contributed by atoms with Crippen molar-refractivity contribution < 1.29 is 9.53 Å². The summed E-state index contributed by atoms with van der Waals surface area (Å²) in [6, 6.07) is 14.1. The molecule has 0 aliphatic rings. The van der Waals surface area contributed by atoms with Gasteiger partial charge in [0.05, 0.1) is 6.04 Å². The van der Waals surface area contributed by atoms with Crippen LogP contribution in [0, 0.1) is 20.8 Å². The molecule has 3 nitrogen and oxygen atoms in total. The second kappa shape index (κ2) is 8.00. The zero-order chi connectivity index (χ0) is 17.7. The van der Waals surface area contributed by atoms with Gasteiger partial charge in [0, 0.05) is 0 Å². The molecule has 2 aromatic carbocycles. The minimum Gasteiger partial charge on any atom is -0.480 e. The third kappa shape index (κ3) is 4.38. The molecule has 2 aromatic rings. The predicted octanol–water partition coefficient (Wildman–Crippen LogP) is 4.65. The first-order valence-corrected chi connectivity index (χ1v) is 8.52. The maximum absolute atomic E-state index is 12.6. The first-order chi connectivity index (χ1) is 11.4. The molecule has 0 aromatic heterocycles. The van der Waals surface area contributed by atoms with Crippen molar-refractivity contribution >= 4 is 5.91 Å². The molecular weight excluding hydrogens is 298 g/mol. The fourth-order valence-corrected chi connectivity index (χ4v) is 2.57. The van der Waals surface area contributed by atoms with E-state index in [9.17, 15) is 4.79 Å². The van der Waals surface area contributed by atoms with Gasteiger partial charge in [-0.05, 0) is 56.9 Å². The summed E-state index contributed by atoms with van der Waals surface area (Å²) in [4.78, 5) is 12.6. The highest BCUT2D eigenvalue weighted by atomic mass is 16.5. The van der Waals surface area contributed by atoms with Gasteiger partial charge < -0.3 is 10.1 Å². The van der Waals surface area contributed by atoms with Gasteiger partial charge in [-0.1, -0.05) is 48.9 Å². The van der Waals surface area contributed by atoms with Gasteiger partial charge in [-0.2, -0.15) is 0 Å². The average Bonchev–Trinajstić information content (AvgIpc) is 2.56. The van der Waals surface area contributed by atoms with Crippen molar-refractivity contribution in [1.29, 1.82) is 0 Å². The lowest BCUT2D eigenvalue weighted by molar-refractivity contribution is -0.128. The largest absolute Gasteiger partial charge is 0.480 e. The van der Waals surface area contributed by atoms with E-state index in [1.165, 1.54) is 5.56 Å². The Morgan fingerprint density at radius 1 is 1.08 bits per heavy atom. The van der Waals surface area contributed by atoms with Crippen LogP contribution in [0.2, 0.25) is 0 Å². The van der Waals surface area contributed by atoms with Crippen molar-refractivity contribution in [1.82, 2.24) is 5.32 Å². The Morgan fingerprint density at radius 3 is 2.38 bits per heavy atom. The van der Waals surface area contributed by atoms with Gasteiger partial charge >= 0.3 is 0 Å². The first-order valence-electron chi connectivity index (χ1n) is 8.52. The number of hydrogen-bond acceptors (Lipinski definition) is 2. The van der Waals surface area contributed by atoms with E-state index in [1.807, 2.05) is 58.0 Å². The predicted molar refractivity (Wildman–Crippen MR) is 98.4 cm³/mol. The molecule has 0 unspecified atom stereocenters. The van der Waals surface area contributed by atoms with Crippen LogP contribution in [0.4, 0.5) is 0 Å². The molecule has 0 bridgehead atoms. The van der Waals surface area contributed by atoms with Crippen molar-refractivity contribution in [2.75, 3.05) is 0 Å². The van der Waals surface area contributed by atoms with Crippen molar-refractivity contribution in [2.45, 2.75) is 53.2 Å². The maximum Gasteiger partial charge on any atom is 0.261 e. The molecular formula is C21H27NO2.